The third kappa shape index (κ3) is 3.90. The van der Waals surface area contributed by atoms with Crippen LogP contribution in [0, 0.1) is 25.2 Å². The summed E-state index contributed by atoms with van der Waals surface area (Å²) < 4.78 is 18.7. The van der Waals surface area contributed by atoms with Gasteiger partial charge < -0.3 is 23.7 Å². The van der Waals surface area contributed by atoms with Gasteiger partial charge in [0.25, 0.3) is 0 Å². The number of carbonyl (C=O) groups is 1. The van der Waals surface area contributed by atoms with Gasteiger partial charge in [0.2, 0.25) is 5.91 Å². The summed E-state index contributed by atoms with van der Waals surface area (Å²) in [6.07, 6.45) is 4.98. The van der Waals surface area contributed by atoms with Crippen molar-refractivity contribution in [3.05, 3.63) is 57.9 Å². The summed E-state index contributed by atoms with van der Waals surface area (Å²) in [5, 5.41) is 11.1. The quantitative estimate of drug-likeness (QED) is 0.508. The number of carbonyl (C=O) groups excluding carboxylic acids is 1. The first-order chi connectivity index (χ1) is 17.5. The Morgan fingerprint density at radius 2 is 2.00 bits per heavy atom. The summed E-state index contributed by atoms with van der Waals surface area (Å²) in [6.45, 7) is 6.17. The third-order valence-corrected chi connectivity index (χ3v) is 7.16. The number of aryl methyl sites for hydroxylation is 2. The van der Waals surface area contributed by atoms with Crippen molar-refractivity contribution < 1.29 is 19.0 Å². The fourth-order valence-electron chi connectivity index (χ4n) is 5.58. The van der Waals surface area contributed by atoms with Crippen LogP contribution in [-0.4, -0.2) is 60.9 Å². The van der Waals surface area contributed by atoms with Gasteiger partial charge in [0.15, 0.2) is 11.5 Å². The van der Waals surface area contributed by atoms with Crippen molar-refractivity contribution in [2.75, 3.05) is 40.5 Å². The molecule has 186 valence electrons. The van der Waals surface area contributed by atoms with Crippen LogP contribution in [0.4, 0.5) is 0 Å². The van der Waals surface area contributed by atoms with Crippen LogP contribution in [0.25, 0.3) is 17.1 Å². The molecule has 0 bridgehead atoms. The predicted octanol–water partition coefficient (Wildman–Crippen LogP) is 3.95. The third-order valence-electron chi connectivity index (χ3n) is 7.16. The second-order valence-corrected chi connectivity index (χ2v) is 9.22. The first kappa shape index (κ1) is 23.9. The van der Waals surface area contributed by atoms with E-state index in [1.165, 1.54) is 0 Å². The first-order valence-electron chi connectivity index (χ1n) is 12.2. The van der Waals surface area contributed by atoms with E-state index >= 15 is 0 Å². The number of nitriles is 1. The highest BCUT2D eigenvalue weighted by molar-refractivity contribution is 5.96. The number of methoxy groups -OCH3 is 2. The van der Waals surface area contributed by atoms with Gasteiger partial charge in [-0.05, 0) is 56.0 Å². The molecule has 36 heavy (non-hydrogen) atoms. The lowest BCUT2D eigenvalue weighted by molar-refractivity contribution is -0.129. The molecule has 2 aromatic heterocycles. The van der Waals surface area contributed by atoms with Gasteiger partial charge in [-0.15, -0.1) is 0 Å². The Morgan fingerprint density at radius 3 is 2.69 bits per heavy atom. The lowest BCUT2D eigenvalue weighted by atomic mass is 10.1. The molecule has 3 aromatic rings. The maximum atomic E-state index is 12.9. The molecule has 5 rings (SSSR count). The summed E-state index contributed by atoms with van der Waals surface area (Å²) in [5.74, 6) is 1.36. The molecule has 8 heteroatoms. The zero-order valence-electron chi connectivity index (χ0n) is 21.1. The molecule has 1 atom stereocenters. The van der Waals surface area contributed by atoms with Gasteiger partial charge in [-0.25, -0.2) is 4.98 Å². The molecule has 3 heterocycles. The predicted molar refractivity (Wildman–Crippen MR) is 136 cm³/mol. The van der Waals surface area contributed by atoms with E-state index in [1.54, 1.807) is 31.3 Å². The van der Waals surface area contributed by atoms with E-state index in [0.717, 1.165) is 52.0 Å². The number of fused-ring (bicyclic) bond motifs is 2. The molecular weight excluding hydrogens is 456 g/mol. The maximum Gasteiger partial charge on any atom is 0.246 e. The standard InChI is InChI=1S/C28H30N4O4/c1-17-15-18(2)30-28-26(17)21(16-29)23(8-10-25(33)31-11-13-36-14-12-31)32(28)22-7-5-20-19(22)6-9-24(34-3)27(20)35-4/h6,8-10,15,22H,5,7,11-14H2,1-4H3/b10-8+. The smallest absolute Gasteiger partial charge is 0.246 e. The number of benzene rings is 1. The summed E-state index contributed by atoms with van der Waals surface area (Å²) >= 11 is 0. The van der Waals surface area contributed by atoms with Crippen molar-refractivity contribution in [2.45, 2.75) is 32.7 Å². The fourth-order valence-corrected chi connectivity index (χ4v) is 5.58. The van der Waals surface area contributed by atoms with Gasteiger partial charge in [-0.3, -0.25) is 4.79 Å². The Balaban J connectivity index is 1.70. The van der Waals surface area contributed by atoms with E-state index in [0.29, 0.717) is 43.3 Å². The minimum Gasteiger partial charge on any atom is -0.493 e. The van der Waals surface area contributed by atoms with E-state index < -0.39 is 0 Å². The first-order valence-corrected chi connectivity index (χ1v) is 12.2. The summed E-state index contributed by atoms with van der Waals surface area (Å²) in [5.41, 5.74) is 6.09. The Bertz CT molecular complexity index is 1410. The number of amides is 1. The number of morpholine rings is 1. The van der Waals surface area contributed by atoms with Gasteiger partial charge in [0.1, 0.15) is 11.7 Å². The summed E-state index contributed by atoms with van der Waals surface area (Å²) in [7, 11) is 3.29. The average Bonchev–Trinajstić information content (AvgIpc) is 3.45. The Kier molecular flexibility index (Phi) is 6.42. The topological polar surface area (TPSA) is 89.6 Å². The van der Waals surface area contributed by atoms with E-state index in [9.17, 15) is 10.1 Å². The minimum atomic E-state index is -0.0851. The van der Waals surface area contributed by atoms with Crippen LogP contribution in [0.15, 0.2) is 24.3 Å². The van der Waals surface area contributed by atoms with Crippen LogP contribution in [0.5, 0.6) is 11.5 Å². The SMILES string of the molecule is COc1ccc2c(c1OC)CCC2n1c(/C=C/C(=O)N2CCOCC2)c(C#N)c2c(C)cc(C)nc21. The van der Waals surface area contributed by atoms with Crippen LogP contribution in [0.3, 0.4) is 0 Å². The number of hydrogen-bond donors (Lipinski definition) is 0. The maximum absolute atomic E-state index is 12.9. The Hall–Kier alpha value is -3.83. The van der Waals surface area contributed by atoms with E-state index in [2.05, 4.69) is 16.7 Å². The molecule has 0 N–H and O–H groups in total. The van der Waals surface area contributed by atoms with Gasteiger partial charge in [-0.1, -0.05) is 6.07 Å². The molecule has 0 radical (unpaired) electrons. The van der Waals surface area contributed by atoms with E-state index in [-0.39, 0.29) is 11.9 Å². The lowest BCUT2D eigenvalue weighted by Crippen LogP contribution is -2.39. The molecule has 0 saturated carbocycles. The van der Waals surface area contributed by atoms with Crippen molar-refractivity contribution in [1.82, 2.24) is 14.5 Å². The molecule has 8 nitrogen and oxygen atoms in total. The molecular formula is C28H30N4O4. The molecule has 1 saturated heterocycles. The van der Waals surface area contributed by atoms with Gasteiger partial charge in [0.05, 0.1) is 44.7 Å². The molecule has 1 fully saturated rings. The number of ether oxygens (including phenoxy) is 3. The molecule has 1 unspecified atom stereocenters. The second-order valence-electron chi connectivity index (χ2n) is 9.22. The van der Waals surface area contributed by atoms with Crippen LogP contribution in [-0.2, 0) is 16.0 Å². The highest BCUT2D eigenvalue weighted by atomic mass is 16.5. The van der Waals surface area contributed by atoms with Crippen molar-refractivity contribution in [3.63, 3.8) is 0 Å². The normalized spacial score (nSPS) is 17.4. The van der Waals surface area contributed by atoms with E-state index in [4.69, 9.17) is 19.2 Å². The molecule has 1 aliphatic heterocycles. The van der Waals surface area contributed by atoms with Crippen LogP contribution in [0.1, 0.15) is 46.1 Å². The molecule has 2 aliphatic rings. The van der Waals surface area contributed by atoms with Crippen molar-refractivity contribution in [1.29, 1.82) is 5.26 Å². The Labute approximate surface area is 210 Å². The highest BCUT2D eigenvalue weighted by Crippen LogP contribution is 2.46. The van der Waals surface area contributed by atoms with Crippen molar-refractivity contribution in [2.24, 2.45) is 0 Å². The zero-order valence-corrected chi connectivity index (χ0v) is 21.1. The second kappa shape index (κ2) is 9.67. The van der Waals surface area contributed by atoms with E-state index in [1.807, 2.05) is 26.0 Å². The fraction of sp³-hybridized carbons (Fsp3) is 0.393. The monoisotopic (exact) mass is 486 g/mol. The highest BCUT2D eigenvalue weighted by Gasteiger charge is 2.32. The molecule has 0 spiro atoms. The average molecular weight is 487 g/mol. The number of aromatic nitrogens is 2. The molecule has 1 amide bonds. The number of rotatable bonds is 5. The van der Waals surface area contributed by atoms with Crippen LogP contribution < -0.4 is 9.47 Å². The largest absolute Gasteiger partial charge is 0.493 e. The summed E-state index contributed by atoms with van der Waals surface area (Å²) in [6, 6.07) is 8.34. The lowest BCUT2D eigenvalue weighted by Gasteiger charge is -2.25. The molecule has 1 aliphatic carbocycles. The van der Waals surface area contributed by atoms with Crippen LogP contribution >= 0.6 is 0 Å². The summed E-state index contributed by atoms with van der Waals surface area (Å²) in [4.78, 5) is 19.6. The van der Waals surface area contributed by atoms with Crippen molar-refractivity contribution >= 4 is 23.0 Å². The Morgan fingerprint density at radius 1 is 1.22 bits per heavy atom. The van der Waals surface area contributed by atoms with Gasteiger partial charge in [-0.2, -0.15) is 5.26 Å². The number of nitrogens with zero attached hydrogens (tertiary/aromatic N) is 4. The number of hydrogen-bond acceptors (Lipinski definition) is 6. The minimum absolute atomic E-state index is 0.0590. The van der Waals surface area contributed by atoms with Gasteiger partial charge in [0, 0.05) is 35.8 Å². The van der Waals surface area contributed by atoms with Crippen molar-refractivity contribution in [3.8, 4) is 17.6 Å². The van der Waals surface area contributed by atoms with Gasteiger partial charge >= 0.3 is 0 Å². The molecule has 1 aromatic carbocycles. The van der Waals surface area contributed by atoms with Crippen LogP contribution in [0.2, 0.25) is 0 Å². The number of pyridine rings is 1. The zero-order chi connectivity index (χ0) is 25.4.